The number of benzene rings is 1. The Morgan fingerprint density at radius 1 is 1.32 bits per heavy atom. The third-order valence-corrected chi connectivity index (χ3v) is 4.26. The lowest BCUT2D eigenvalue weighted by atomic mass is 10.1. The van der Waals surface area contributed by atoms with Gasteiger partial charge < -0.3 is 10.1 Å². The molecule has 0 radical (unpaired) electrons. The van der Waals surface area contributed by atoms with E-state index in [0.29, 0.717) is 6.04 Å². The molecule has 0 aromatic heterocycles. The van der Waals surface area contributed by atoms with Crippen molar-refractivity contribution in [3.8, 4) is 5.75 Å². The fourth-order valence-electron chi connectivity index (χ4n) is 3.36. The lowest BCUT2D eigenvalue weighted by Crippen LogP contribution is -2.33. The molecule has 0 saturated carbocycles. The molecule has 3 heteroatoms. The zero-order valence-corrected chi connectivity index (χ0v) is 11.8. The molecular formula is C16H24N2O. The first-order chi connectivity index (χ1) is 9.36. The Balaban J connectivity index is 1.63. The highest BCUT2D eigenvalue weighted by Gasteiger charge is 2.36. The third-order valence-electron chi connectivity index (χ3n) is 4.26. The molecule has 1 N–H and O–H groups in total. The van der Waals surface area contributed by atoms with Crippen LogP contribution in [0.4, 0.5) is 5.69 Å². The van der Waals surface area contributed by atoms with Crippen LogP contribution in [-0.2, 0) is 0 Å². The molecule has 2 aliphatic rings. The highest BCUT2D eigenvalue weighted by molar-refractivity contribution is 5.49. The SMILES string of the molecule is CCCOc1cccc(NC2CCN3CCCC23)c1. The summed E-state index contributed by atoms with van der Waals surface area (Å²) in [6.07, 6.45) is 5.04. The molecule has 0 amide bonds. The van der Waals surface area contributed by atoms with Crippen LogP contribution in [0.3, 0.4) is 0 Å². The van der Waals surface area contributed by atoms with Gasteiger partial charge in [0.05, 0.1) is 6.61 Å². The van der Waals surface area contributed by atoms with Crippen molar-refractivity contribution in [1.29, 1.82) is 0 Å². The number of nitrogens with zero attached hydrogens (tertiary/aromatic N) is 1. The van der Waals surface area contributed by atoms with Crippen molar-refractivity contribution in [3.63, 3.8) is 0 Å². The first kappa shape index (κ1) is 12.8. The quantitative estimate of drug-likeness (QED) is 0.880. The summed E-state index contributed by atoms with van der Waals surface area (Å²) in [5.41, 5.74) is 1.20. The molecule has 0 spiro atoms. The molecule has 2 atom stereocenters. The second kappa shape index (κ2) is 5.83. The van der Waals surface area contributed by atoms with Gasteiger partial charge in [-0.2, -0.15) is 0 Å². The molecule has 19 heavy (non-hydrogen) atoms. The van der Waals surface area contributed by atoms with Crippen LogP contribution >= 0.6 is 0 Å². The zero-order valence-electron chi connectivity index (χ0n) is 11.8. The average molecular weight is 260 g/mol. The minimum atomic E-state index is 0.615. The Bertz CT molecular complexity index is 421. The van der Waals surface area contributed by atoms with Gasteiger partial charge in [0.15, 0.2) is 0 Å². The lowest BCUT2D eigenvalue weighted by Gasteiger charge is -2.22. The monoisotopic (exact) mass is 260 g/mol. The van der Waals surface area contributed by atoms with Crippen LogP contribution in [0.25, 0.3) is 0 Å². The minimum Gasteiger partial charge on any atom is -0.494 e. The zero-order chi connectivity index (χ0) is 13.1. The van der Waals surface area contributed by atoms with Gasteiger partial charge in [-0.1, -0.05) is 13.0 Å². The normalized spacial score (nSPS) is 26.4. The van der Waals surface area contributed by atoms with Crippen LogP contribution in [-0.4, -0.2) is 36.7 Å². The topological polar surface area (TPSA) is 24.5 Å². The summed E-state index contributed by atoms with van der Waals surface area (Å²) in [5.74, 6) is 0.980. The Kier molecular flexibility index (Phi) is 3.92. The fourth-order valence-corrected chi connectivity index (χ4v) is 3.36. The van der Waals surface area contributed by atoms with E-state index in [1.54, 1.807) is 0 Å². The van der Waals surface area contributed by atoms with E-state index in [2.05, 4.69) is 35.3 Å². The largest absolute Gasteiger partial charge is 0.494 e. The molecule has 0 aliphatic carbocycles. The Morgan fingerprint density at radius 2 is 2.26 bits per heavy atom. The van der Waals surface area contributed by atoms with E-state index in [9.17, 15) is 0 Å². The summed E-state index contributed by atoms with van der Waals surface area (Å²) in [6.45, 7) is 5.48. The second-order valence-electron chi connectivity index (χ2n) is 5.66. The van der Waals surface area contributed by atoms with Crippen molar-refractivity contribution < 1.29 is 4.74 Å². The summed E-state index contributed by atoms with van der Waals surface area (Å²) in [7, 11) is 0. The molecule has 2 heterocycles. The molecule has 2 unspecified atom stereocenters. The standard InChI is InChI=1S/C16H24N2O/c1-2-11-19-14-6-3-5-13(12-14)17-15-8-10-18-9-4-7-16(15)18/h3,5-6,12,15-17H,2,4,7-11H2,1H3. The smallest absolute Gasteiger partial charge is 0.121 e. The number of hydrogen-bond acceptors (Lipinski definition) is 3. The summed E-state index contributed by atoms with van der Waals surface area (Å²) in [6, 6.07) is 9.76. The van der Waals surface area contributed by atoms with Crippen molar-refractivity contribution in [2.75, 3.05) is 25.0 Å². The van der Waals surface area contributed by atoms with Gasteiger partial charge in [-0.05, 0) is 44.4 Å². The van der Waals surface area contributed by atoms with Gasteiger partial charge in [0.1, 0.15) is 5.75 Å². The highest BCUT2D eigenvalue weighted by atomic mass is 16.5. The molecule has 2 aliphatic heterocycles. The minimum absolute atomic E-state index is 0.615. The maximum Gasteiger partial charge on any atom is 0.121 e. The number of hydrogen-bond donors (Lipinski definition) is 1. The van der Waals surface area contributed by atoms with E-state index < -0.39 is 0 Å². The first-order valence-corrected chi connectivity index (χ1v) is 7.60. The number of nitrogens with one attached hydrogen (secondary N) is 1. The van der Waals surface area contributed by atoms with Gasteiger partial charge in [-0.3, -0.25) is 4.90 Å². The summed E-state index contributed by atoms with van der Waals surface area (Å²) in [4.78, 5) is 2.63. The fraction of sp³-hybridized carbons (Fsp3) is 0.625. The van der Waals surface area contributed by atoms with Crippen LogP contribution in [0.1, 0.15) is 32.6 Å². The Labute approximate surface area is 115 Å². The number of fused-ring (bicyclic) bond motifs is 1. The molecule has 2 saturated heterocycles. The van der Waals surface area contributed by atoms with E-state index in [-0.39, 0.29) is 0 Å². The van der Waals surface area contributed by atoms with E-state index in [0.717, 1.165) is 24.8 Å². The molecule has 104 valence electrons. The van der Waals surface area contributed by atoms with E-state index in [1.807, 2.05) is 6.07 Å². The average Bonchev–Trinajstić information content (AvgIpc) is 3.02. The predicted molar refractivity (Wildman–Crippen MR) is 78.9 cm³/mol. The Morgan fingerprint density at radius 3 is 3.16 bits per heavy atom. The molecule has 3 nitrogen and oxygen atoms in total. The van der Waals surface area contributed by atoms with Gasteiger partial charge in [0, 0.05) is 30.4 Å². The number of anilines is 1. The van der Waals surface area contributed by atoms with Crippen LogP contribution in [0.2, 0.25) is 0 Å². The summed E-state index contributed by atoms with van der Waals surface area (Å²) in [5, 5.41) is 3.71. The Hall–Kier alpha value is -1.22. The maximum atomic E-state index is 5.70. The molecular weight excluding hydrogens is 236 g/mol. The van der Waals surface area contributed by atoms with Crippen molar-refractivity contribution >= 4 is 5.69 Å². The van der Waals surface area contributed by atoms with Gasteiger partial charge in [-0.25, -0.2) is 0 Å². The van der Waals surface area contributed by atoms with Crippen molar-refractivity contribution in [2.24, 2.45) is 0 Å². The van der Waals surface area contributed by atoms with Crippen LogP contribution in [0.15, 0.2) is 24.3 Å². The molecule has 1 aromatic rings. The molecule has 3 rings (SSSR count). The van der Waals surface area contributed by atoms with E-state index in [1.165, 1.54) is 38.0 Å². The second-order valence-corrected chi connectivity index (χ2v) is 5.66. The van der Waals surface area contributed by atoms with Crippen molar-refractivity contribution in [3.05, 3.63) is 24.3 Å². The predicted octanol–water partition coefficient (Wildman–Crippen LogP) is 3.12. The van der Waals surface area contributed by atoms with E-state index in [4.69, 9.17) is 4.74 Å². The van der Waals surface area contributed by atoms with E-state index >= 15 is 0 Å². The van der Waals surface area contributed by atoms with Crippen molar-refractivity contribution in [1.82, 2.24) is 4.90 Å². The third kappa shape index (κ3) is 2.86. The van der Waals surface area contributed by atoms with Crippen LogP contribution in [0, 0.1) is 0 Å². The number of ether oxygens (including phenoxy) is 1. The van der Waals surface area contributed by atoms with Gasteiger partial charge >= 0.3 is 0 Å². The van der Waals surface area contributed by atoms with Gasteiger partial charge in [0.2, 0.25) is 0 Å². The first-order valence-electron chi connectivity index (χ1n) is 7.60. The van der Waals surface area contributed by atoms with Crippen LogP contribution < -0.4 is 10.1 Å². The molecule has 1 aromatic carbocycles. The lowest BCUT2D eigenvalue weighted by molar-refractivity contribution is 0.316. The summed E-state index contributed by atoms with van der Waals surface area (Å²) >= 11 is 0. The van der Waals surface area contributed by atoms with Gasteiger partial charge in [-0.15, -0.1) is 0 Å². The summed E-state index contributed by atoms with van der Waals surface area (Å²) < 4.78 is 5.70. The number of rotatable bonds is 5. The molecule has 2 fully saturated rings. The van der Waals surface area contributed by atoms with Gasteiger partial charge in [0.25, 0.3) is 0 Å². The maximum absolute atomic E-state index is 5.70. The highest BCUT2D eigenvalue weighted by Crippen LogP contribution is 2.30. The van der Waals surface area contributed by atoms with Crippen LogP contribution in [0.5, 0.6) is 5.75 Å². The van der Waals surface area contributed by atoms with Crippen molar-refractivity contribution in [2.45, 2.75) is 44.7 Å². The molecule has 0 bridgehead atoms.